The van der Waals surface area contributed by atoms with Crippen molar-refractivity contribution < 1.29 is 9.13 Å². The van der Waals surface area contributed by atoms with Crippen molar-refractivity contribution in [2.24, 2.45) is 0 Å². The van der Waals surface area contributed by atoms with Gasteiger partial charge in [-0.3, -0.25) is 14.3 Å². The first-order valence-corrected chi connectivity index (χ1v) is 8.64. The molecule has 0 bridgehead atoms. The third kappa shape index (κ3) is 4.00. The molecule has 7 heteroatoms. The average molecular weight is 311 g/mol. The van der Waals surface area contributed by atoms with Crippen molar-refractivity contribution in [2.45, 2.75) is 50.8 Å². The normalized spacial score (nSPS) is 23.5. The van der Waals surface area contributed by atoms with Gasteiger partial charge < -0.3 is 5.32 Å². The molecular formula is C14H21N3O3S. The number of nitro groups is 1. The lowest BCUT2D eigenvalue weighted by Gasteiger charge is -2.29. The van der Waals surface area contributed by atoms with Gasteiger partial charge in [0.15, 0.2) is 0 Å². The van der Waals surface area contributed by atoms with Crippen LogP contribution in [-0.2, 0) is 10.8 Å². The van der Waals surface area contributed by atoms with Crippen LogP contribution in [0.5, 0.6) is 0 Å². The fraction of sp³-hybridized carbons (Fsp3) is 0.643. The minimum Gasteiger partial charge on any atom is -0.367 e. The Morgan fingerprint density at radius 1 is 1.52 bits per heavy atom. The molecule has 1 aliphatic rings. The molecule has 2 rings (SSSR count). The van der Waals surface area contributed by atoms with Crippen molar-refractivity contribution in [1.82, 2.24) is 4.98 Å². The zero-order chi connectivity index (χ0) is 15.4. The monoisotopic (exact) mass is 311 g/mol. The highest BCUT2D eigenvalue weighted by Gasteiger charge is 2.26. The van der Waals surface area contributed by atoms with Gasteiger partial charge in [-0.15, -0.1) is 0 Å². The lowest BCUT2D eigenvalue weighted by molar-refractivity contribution is -0.385. The number of aromatic nitrogens is 1. The fourth-order valence-electron chi connectivity index (χ4n) is 2.75. The molecule has 21 heavy (non-hydrogen) atoms. The Bertz CT molecular complexity index is 550. The lowest BCUT2D eigenvalue weighted by Crippen LogP contribution is -2.33. The second-order valence-corrected chi connectivity index (χ2v) is 7.42. The van der Waals surface area contributed by atoms with E-state index in [1.165, 1.54) is 12.3 Å². The maximum Gasteiger partial charge on any atom is 0.287 e. The molecule has 0 spiro atoms. The largest absolute Gasteiger partial charge is 0.367 e. The van der Waals surface area contributed by atoms with Crippen molar-refractivity contribution in [1.29, 1.82) is 0 Å². The minimum absolute atomic E-state index is 0.00616. The Hall–Kier alpha value is -1.50. The maximum absolute atomic E-state index is 11.9. The summed E-state index contributed by atoms with van der Waals surface area (Å²) in [6, 6.07) is 1.77. The van der Waals surface area contributed by atoms with Gasteiger partial charge >= 0.3 is 0 Å². The van der Waals surface area contributed by atoms with Gasteiger partial charge in [-0.25, -0.2) is 4.98 Å². The summed E-state index contributed by atoms with van der Waals surface area (Å²) in [5.74, 6) is 1.39. The van der Waals surface area contributed by atoms with Gasteiger partial charge in [-0.05, 0) is 31.7 Å². The van der Waals surface area contributed by atoms with Gasteiger partial charge in [-0.1, -0.05) is 13.3 Å². The highest BCUT2D eigenvalue weighted by molar-refractivity contribution is 7.85. The van der Waals surface area contributed by atoms with Crippen molar-refractivity contribution in [2.75, 3.05) is 11.1 Å². The molecule has 1 aliphatic carbocycles. The van der Waals surface area contributed by atoms with Crippen LogP contribution < -0.4 is 5.32 Å². The van der Waals surface area contributed by atoms with E-state index >= 15 is 0 Å². The average Bonchev–Trinajstić information content (AvgIpc) is 2.48. The van der Waals surface area contributed by atoms with E-state index < -0.39 is 15.7 Å². The summed E-state index contributed by atoms with van der Waals surface area (Å²) >= 11 is 0. The van der Waals surface area contributed by atoms with Gasteiger partial charge in [0.2, 0.25) is 0 Å². The summed E-state index contributed by atoms with van der Waals surface area (Å²) < 4.78 is 11.9. The Kier molecular flexibility index (Phi) is 5.27. The number of hydrogen-bond donors (Lipinski definition) is 1. The van der Waals surface area contributed by atoms with E-state index in [0.717, 1.165) is 31.2 Å². The predicted molar refractivity (Wildman–Crippen MR) is 84.0 cm³/mol. The number of hydrogen-bond acceptors (Lipinski definition) is 5. The summed E-state index contributed by atoms with van der Waals surface area (Å²) in [6.45, 7) is 3.77. The van der Waals surface area contributed by atoms with E-state index in [-0.39, 0.29) is 17.0 Å². The number of pyridine rings is 1. The van der Waals surface area contributed by atoms with Crippen LogP contribution in [0.3, 0.4) is 0 Å². The summed E-state index contributed by atoms with van der Waals surface area (Å²) in [7, 11) is -0.757. The van der Waals surface area contributed by atoms with E-state index in [0.29, 0.717) is 11.6 Å². The number of anilines is 1. The number of nitrogens with zero attached hydrogens (tertiary/aromatic N) is 2. The van der Waals surface area contributed by atoms with E-state index in [4.69, 9.17) is 0 Å². The molecular weight excluding hydrogens is 290 g/mol. The first-order valence-electron chi connectivity index (χ1n) is 7.26. The Morgan fingerprint density at radius 3 is 2.90 bits per heavy atom. The first-order chi connectivity index (χ1) is 10.0. The second-order valence-electron chi connectivity index (χ2n) is 5.42. The van der Waals surface area contributed by atoms with Crippen LogP contribution in [0.4, 0.5) is 11.5 Å². The smallest absolute Gasteiger partial charge is 0.287 e. The molecule has 116 valence electrons. The number of rotatable bonds is 5. The zero-order valence-corrected chi connectivity index (χ0v) is 13.2. The van der Waals surface area contributed by atoms with Gasteiger partial charge in [0.1, 0.15) is 12.0 Å². The molecule has 3 atom stereocenters. The topological polar surface area (TPSA) is 85.1 Å². The van der Waals surface area contributed by atoms with Crippen LogP contribution >= 0.6 is 0 Å². The number of aryl methyl sites for hydroxylation is 1. The van der Waals surface area contributed by atoms with Crippen LogP contribution in [0.15, 0.2) is 12.3 Å². The van der Waals surface area contributed by atoms with Crippen LogP contribution in [0, 0.1) is 17.0 Å². The molecule has 6 nitrogen and oxygen atoms in total. The van der Waals surface area contributed by atoms with Crippen LogP contribution in [0.25, 0.3) is 0 Å². The minimum atomic E-state index is -0.757. The van der Waals surface area contributed by atoms with Crippen molar-refractivity contribution in [3.8, 4) is 0 Å². The van der Waals surface area contributed by atoms with Crippen LogP contribution in [0.2, 0.25) is 0 Å². The fourth-order valence-corrected chi connectivity index (χ4v) is 4.10. The third-order valence-corrected chi connectivity index (χ3v) is 5.64. The standard InChI is InChI=1S/C14H21N3O3S/c1-3-21(20)13-6-4-5-11(8-13)16-14-10(2)7-12(9-15-14)17(18)19/h7,9,11,13H,3-6,8H2,1-2H3,(H,15,16)/t11-,13-,21+/m1/s1. The molecule has 1 fully saturated rings. The molecule has 0 aliphatic heterocycles. The quantitative estimate of drug-likeness (QED) is 0.667. The molecule has 0 aromatic carbocycles. The zero-order valence-electron chi connectivity index (χ0n) is 12.4. The third-order valence-electron chi connectivity index (χ3n) is 3.90. The highest BCUT2D eigenvalue weighted by atomic mass is 32.2. The van der Waals surface area contributed by atoms with Gasteiger partial charge in [0.05, 0.1) is 4.92 Å². The van der Waals surface area contributed by atoms with Crippen molar-refractivity contribution in [3.05, 3.63) is 27.9 Å². The van der Waals surface area contributed by atoms with E-state index in [1.807, 2.05) is 13.8 Å². The first kappa shape index (κ1) is 15.9. The van der Waals surface area contributed by atoms with E-state index in [2.05, 4.69) is 10.3 Å². The predicted octanol–water partition coefficient (Wildman–Crippen LogP) is 2.79. The van der Waals surface area contributed by atoms with E-state index in [1.54, 1.807) is 0 Å². The van der Waals surface area contributed by atoms with Gasteiger partial charge in [0.25, 0.3) is 5.69 Å². The molecule has 1 aromatic rings. The van der Waals surface area contributed by atoms with Crippen LogP contribution in [0.1, 0.15) is 38.2 Å². The summed E-state index contributed by atoms with van der Waals surface area (Å²) in [5.41, 5.74) is 0.773. The Morgan fingerprint density at radius 2 is 2.29 bits per heavy atom. The molecule has 0 amide bonds. The molecule has 0 unspecified atom stereocenters. The highest BCUT2D eigenvalue weighted by Crippen LogP contribution is 2.27. The Labute approximate surface area is 127 Å². The molecule has 1 N–H and O–H groups in total. The molecule has 1 saturated carbocycles. The SMILES string of the molecule is CC[S@](=O)[C@@H]1CCC[C@@H](Nc2ncc([N+](=O)[O-])cc2C)C1. The van der Waals surface area contributed by atoms with Gasteiger partial charge in [-0.2, -0.15) is 0 Å². The van der Waals surface area contributed by atoms with Crippen LogP contribution in [-0.4, -0.2) is 31.2 Å². The van der Waals surface area contributed by atoms with Crippen molar-refractivity contribution in [3.63, 3.8) is 0 Å². The Balaban J connectivity index is 2.04. The van der Waals surface area contributed by atoms with Crippen molar-refractivity contribution >= 4 is 22.3 Å². The molecule has 0 saturated heterocycles. The van der Waals surface area contributed by atoms with E-state index in [9.17, 15) is 14.3 Å². The molecule has 1 heterocycles. The number of nitrogens with one attached hydrogen (secondary N) is 1. The second kappa shape index (κ2) is 6.98. The summed E-state index contributed by atoms with van der Waals surface area (Å²) in [4.78, 5) is 14.4. The summed E-state index contributed by atoms with van der Waals surface area (Å²) in [6.07, 6.45) is 5.25. The maximum atomic E-state index is 11.9. The molecule has 0 radical (unpaired) electrons. The lowest BCUT2D eigenvalue weighted by atomic mass is 9.95. The summed E-state index contributed by atoms with van der Waals surface area (Å²) in [5, 5.41) is 14.3. The molecule has 1 aromatic heterocycles. The van der Waals surface area contributed by atoms with Gasteiger partial charge in [0, 0.05) is 33.9 Å².